The molecule has 0 spiro atoms. The van der Waals surface area contributed by atoms with Crippen molar-refractivity contribution in [2.75, 3.05) is 23.6 Å². The zero-order valence-corrected chi connectivity index (χ0v) is 18.1. The molecule has 0 bridgehead atoms. The molecular weight excluding hydrogens is 401 g/mol. The quantitative estimate of drug-likeness (QED) is 0.445. The van der Waals surface area contributed by atoms with Crippen LogP contribution in [0.2, 0.25) is 0 Å². The van der Waals surface area contributed by atoms with E-state index in [2.05, 4.69) is 25.3 Å². The lowest BCUT2D eigenvalue weighted by molar-refractivity contribution is 0.599. The summed E-state index contributed by atoms with van der Waals surface area (Å²) in [5, 5.41) is 6.98. The van der Waals surface area contributed by atoms with E-state index in [4.69, 9.17) is 0 Å². The van der Waals surface area contributed by atoms with Gasteiger partial charge in [-0.15, -0.1) is 11.3 Å². The summed E-state index contributed by atoms with van der Waals surface area (Å²) in [4.78, 5) is 10.0. The number of aromatic nitrogens is 1. The van der Waals surface area contributed by atoms with Gasteiger partial charge in [0.1, 0.15) is 10.8 Å². The molecule has 2 aromatic rings. The first-order valence-electron chi connectivity index (χ1n) is 8.92. The lowest BCUT2D eigenvalue weighted by Crippen LogP contribution is -2.40. The van der Waals surface area contributed by atoms with Crippen molar-refractivity contribution in [3.63, 3.8) is 0 Å². The number of aryl methyl sites for hydroxylation is 3. The van der Waals surface area contributed by atoms with Gasteiger partial charge < -0.3 is 10.6 Å². The number of halogens is 1. The SMILES string of the molecule is CCNC(=NCc1nc(C)c(C)s1)NCCS(=O)(=O)Nc1ccc(C)c(F)c1. The van der Waals surface area contributed by atoms with Crippen LogP contribution in [0.4, 0.5) is 10.1 Å². The number of anilines is 1. The molecule has 0 aliphatic heterocycles. The molecule has 0 aliphatic rings. The molecule has 0 aliphatic carbocycles. The molecule has 1 aromatic heterocycles. The highest BCUT2D eigenvalue weighted by Crippen LogP contribution is 2.17. The van der Waals surface area contributed by atoms with Crippen LogP contribution in [0.3, 0.4) is 0 Å². The first-order chi connectivity index (χ1) is 13.2. The molecule has 0 fully saturated rings. The zero-order chi connectivity index (χ0) is 20.7. The Morgan fingerprint density at radius 1 is 1.25 bits per heavy atom. The third-order valence-electron chi connectivity index (χ3n) is 3.90. The van der Waals surface area contributed by atoms with Crippen molar-refractivity contribution in [1.82, 2.24) is 15.6 Å². The Morgan fingerprint density at radius 2 is 2.00 bits per heavy atom. The van der Waals surface area contributed by atoms with Gasteiger partial charge in [0, 0.05) is 18.0 Å². The van der Waals surface area contributed by atoms with Gasteiger partial charge >= 0.3 is 0 Å². The van der Waals surface area contributed by atoms with Gasteiger partial charge in [-0.3, -0.25) is 4.72 Å². The lowest BCUT2D eigenvalue weighted by Gasteiger charge is -2.12. The molecule has 0 saturated heterocycles. The number of aliphatic imine (C=N–C) groups is 1. The minimum Gasteiger partial charge on any atom is -0.357 e. The summed E-state index contributed by atoms with van der Waals surface area (Å²) in [7, 11) is -3.62. The molecule has 1 aromatic carbocycles. The third-order valence-corrected chi connectivity index (χ3v) is 6.24. The minimum atomic E-state index is -3.62. The summed E-state index contributed by atoms with van der Waals surface area (Å²) in [6, 6.07) is 4.24. The lowest BCUT2D eigenvalue weighted by atomic mass is 10.2. The van der Waals surface area contributed by atoms with E-state index in [9.17, 15) is 12.8 Å². The van der Waals surface area contributed by atoms with Gasteiger partial charge in [-0.25, -0.2) is 22.8 Å². The summed E-state index contributed by atoms with van der Waals surface area (Å²) in [6.45, 7) is 8.75. The second kappa shape index (κ2) is 9.83. The van der Waals surface area contributed by atoms with Crippen LogP contribution in [0.15, 0.2) is 23.2 Å². The molecule has 1 heterocycles. The first kappa shape index (κ1) is 22.1. The molecule has 0 amide bonds. The van der Waals surface area contributed by atoms with Crippen molar-refractivity contribution in [2.45, 2.75) is 34.2 Å². The van der Waals surface area contributed by atoms with Crippen LogP contribution in [0, 0.1) is 26.6 Å². The Bertz CT molecular complexity index is 922. The number of guanidine groups is 1. The van der Waals surface area contributed by atoms with E-state index in [0.717, 1.165) is 15.6 Å². The monoisotopic (exact) mass is 427 g/mol. The number of rotatable bonds is 8. The molecule has 154 valence electrons. The van der Waals surface area contributed by atoms with E-state index in [-0.39, 0.29) is 18.0 Å². The smallest absolute Gasteiger partial charge is 0.234 e. The molecule has 0 saturated carbocycles. The highest BCUT2D eigenvalue weighted by Gasteiger charge is 2.12. The molecule has 0 radical (unpaired) electrons. The highest BCUT2D eigenvalue weighted by atomic mass is 32.2. The highest BCUT2D eigenvalue weighted by molar-refractivity contribution is 7.92. The van der Waals surface area contributed by atoms with Crippen molar-refractivity contribution < 1.29 is 12.8 Å². The molecule has 0 atom stereocenters. The Balaban J connectivity index is 1.91. The fourth-order valence-electron chi connectivity index (χ4n) is 2.29. The minimum absolute atomic E-state index is 0.158. The van der Waals surface area contributed by atoms with Gasteiger partial charge in [-0.05, 0) is 45.4 Å². The van der Waals surface area contributed by atoms with E-state index in [1.165, 1.54) is 18.2 Å². The number of nitrogens with one attached hydrogen (secondary N) is 3. The molecule has 2 rings (SSSR count). The van der Waals surface area contributed by atoms with Crippen LogP contribution in [0.25, 0.3) is 0 Å². The number of thiazole rings is 1. The Hall–Kier alpha value is -2.20. The van der Waals surface area contributed by atoms with Crippen LogP contribution < -0.4 is 15.4 Å². The predicted molar refractivity (Wildman–Crippen MR) is 113 cm³/mol. The van der Waals surface area contributed by atoms with E-state index < -0.39 is 15.8 Å². The largest absolute Gasteiger partial charge is 0.357 e. The standard InChI is InChI=1S/C18H26FN5O2S2/c1-5-20-18(22-11-17-23-13(3)14(4)27-17)21-8-9-28(25,26)24-15-7-6-12(2)16(19)10-15/h6-7,10,24H,5,8-9,11H2,1-4H3,(H2,20,21,22). The Labute approximate surface area is 169 Å². The number of sulfonamides is 1. The van der Waals surface area contributed by atoms with E-state index in [1.54, 1.807) is 18.3 Å². The topological polar surface area (TPSA) is 95.5 Å². The van der Waals surface area contributed by atoms with Gasteiger partial charge in [-0.2, -0.15) is 0 Å². The maximum Gasteiger partial charge on any atom is 0.234 e. The number of benzene rings is 1. The van der Waals surface area contributed by atoms with Gasteiger partial charge in [0.2, 0.25) is 10.0 Å². The van der Waals surface area contributed by atoms with Crippen LogP contribution in [-0.2, 0) is 16.6 Å². The van der Waals surface area contributed by atoms with Gasteiger partial charge in [0.15, 0.2) is 5.96 Å². The average molecular weight is 428 g/mol. The number of nitrogens with zero attached hydrogens (tertiary/aromatic N) is 2. The third kappa shape index (κ3) is 6.75. The molecule has 3 N–H and O–H groups in total. The normalized spacial score (nSPS) is 12.1. The van der Waals surface area contributed by atoms with Gasteiger partial charge in [-0.1, -0.05) is 6.07 Å². The second-order valence-electron chi connectivity index (χ2n) is 6.26. The summed E-state index contributed by atoms with van der Waals surface area (Å²) in [5.74, 6) is -0.111. The number of hydrogen-bond donors (Lipinski definition) is 3. The average Bonchev–Trinajstić information content (AvgIpc) is 2.93. The molecular formula is C18H26FN5O2S2. The second-order valence-corrected chi connectivity index (χ2v) is 9.39. The summed E-state index contributed by atoms with van der Waals surface area (Å²) in [5.41, 5.74) is 1.66. The van der Waals surface area contributed by atoms with Gasteiger partial charge in [0.25, 0.3) is 0 Å². The Morgan fingerprint density at radius 3 is 2.61 bits per heavy atom. The maximum atomic E-state index is 13.6. The zero-order valence-electron chi connectivity index (χ0n) is 16.5. The van der Waals surface area contributed by atoms with E-state index in [1.807, 2.05) is 20.8 Å². The molecule has 28 heavy (non-hydrogen) atoms. The van der Waals surface area contributed by atoms with E-state index in [0.29, 0.717) is 24.6 Å². The van der Waals surface area contributed by atoms with Crippen molar-refractivity contribution in [3.05, 3.63) is 45.2 Å². The van der Waals surface area contributed by atoms with Crippen molar-refractivity contribution in [2.24, 2.45) is 4.99 Å². The van der Waals surface area contributed by atoms with Gasteiger partial charge in [0.05, 0.1) is 23.7 Å². The predicted octanol–water partition coefficient (Wildman–Crippen LogP) is 2.70. The Kier molecular flexibility index (Phi) is 7.76. The molecule has 10 heteroatoms. The summed E-state index contributed by atoms with van der Waals surface area (Å²) < 4.78 is 40.4. The van der Waals surface area contributed by atoms with Crippen molar-refractivity contribution in [1.29, 1.82) is 0 Å². The first-order valence-corrected chi connectivity index (χ1v) is 11.4. The molecule has 0 unspecified atom stereocenters. The molecule has 7 nitrogen and oxygen atoms in total. The fourth-order valence-corrected chi connectivity index (χ4v) is 4.10. The van der Waals surface area contributed by atoms with Crippen LogP contribution >= 0.6 is 11.3 Å². The van der Waals surface area contributed by atoms with Crippen molar-refractivity contribution in [3.8, 4) is 0 Å². The maximum absolute atomic E-state index is 13.6. The van der Waals surface area contributed by atoms with E-state index >= 15 is 0 Å². The van der Waals surface area contributed by atoms with Crippen molar-refractivity contribution >= 4 is 33.0 Å². The van der Waals surface area contributed by atoms with Crippen LogP contribution in [0.1, 0.15) is 28.1 Å². The van der Waals surface area contributed by atoms with Crippen LogP contribution in [-0.4, -0.2) is 38.2 Å². The summed E-state index contributed by atoms with van der Waals surface area (Å²) >= 11 is 1.60. The van der Waals surface area contributed by atoms with Crippen LogP contribution in [0.5, 0.6) is 0 Å². The summed E-state index contributed by atoms with van der Waals surface area (Å²) in [6.07, 6.45) is 0. The number of hydrogen-bond acceptors (Lipinski definition) is 5. The fraction of sp³-hybridized carbons (Fsp3) is 0.444.